The van der Waals surface area contributed by atoms with Crippen LogP contribution in [-0.2, 0) is 0 Å². The van der Waals surface area contributed by atoms with Crippen LogP contribution in [0.4, 0.5) is 5.69 Å². The zero-order chi connectivity index (χ0) is 8.81. The minimum Gasteiger partial charge on any atom is -0.399 e. The van der Waals surface area contributed by atoms with Crippen LogP contribution in [0.25, 0.3) is 6.08 Å². The van der Waals surface area contributed by atoms with E-state index in [0.29, 0.717) is 6.54 Å². The molecule has 1 aromatic rings. The first-order valence-electron chi connectivity index (χ1n) is 4.05. The Bertz CT molecular complexity index is 249. The Morgan fingerprint density at radius 3 is 2.42 bits per heavy atom. The standard InChI is InChI=1S/C10H14N2/c11-8-2-1-3-9-4-6-10(12)7-5-9/h1,3-7H,2,8,11-12H2. The molecular weight excluding hydrogens is 148 g/mol. The van der Waals surface area contributed by atoms with Crippen LogP contribution in [0.15, 0.2) is 30.3 Å². The van der Waals surface area contributed by atoms with Crippen LogP contribution in [0.2, 0.25) is 0 Å². The summed E-state index contributed by atoms with van der Waals surface area (Å²) in [6.07, 6.45) is 5.03. The van der Waals surface area contributed by atoms with Crippen LogP contribution in [0.1, 0.15) is 12.0 Å². The molecule has 64 valence electrons. The third-order valence-electron chi connectivity index (χ3n) is 1.58. The predicted octanol–water partition coefficient (Wildman–Crippen LogP) is 1.63. The highest BCUT2D eigenvalue weighted by molar-refractivity contribution is 5.53. The molecule has 1 rings (SSSR count). The topological polar surface area (TPSA) is 52.0 Å². The number of anilines is 1. The summed E-state index contributed by atoms with van der Waals surface area (Å²) in [4.78, 5) is 0. The fourth-order valence-electron chi connectivity index (χ4n) is 0.923. The molecule has 0 bridgehead atoms. The van der Waals surface area contributed by atoms with Gasteiger partial charge in [0.15, 0.2) is 0 Å². The van der Waals surface area contributed by atoms with E-state index in [1.807, 2.05) is 30.3 Å². The van der Waals surface area contributed by atoms with Gasteiger partial charge in [0.1, 0.15) is 0 Å². The molecule has 0 saturated heterocycles. The van der Waals surface area contributed by atoms with Gasteiger partial charge < -0.3 is 11.5 Å². The maximum Gasteiger partial charge on any atom is 0.0314 e. The Labute approximate surface area is 72.9 Å². The van der Waals surface area contributed by atoms with Gasteiger partial charge in [0.25, 0.3) is 0 Å². The molecule has 12 heavy (non-hydrogen) atoms. The molecule has 2 heteroatoms. The molecule has 0 unspecified atom stereocenters. The van der Waals surface area contributed by atoms with Crippen LogP contribution in [0, 0.1) is 0 Å². The van der Waals surface area contributed by atoms with Gasteiger partial charge in [-0.15, -0.1) is 0 Å². The smallest absolute Gasteiger partial charge is 0.0314 e. The Hall–Kier alpha value is -1.28. The fourth-order valence-corrected chi connectivity index (χ4v) is 0.923. The second kappa shape index (κ2) is 4.57. The quantitative estimate of drug-likeness (QED) is 0.664. The van der Waals surface area contributed by atoms with E-state index in [1.54, 1.807) is 0 Å². The number of nitrogen functional groups attached to an aromatic ring is 1. The minimum absolute atomic E-state index is 0.700. The van der Waals surface area contributed by atoms with Crippen molar-refractivity contribution in [2.24, 2.45) is 5.73 Å². The summed E-state index contributed by atoms with van der Waals surface area (Å²) < 4.78 is 0. The van der Waals surface area contributed by atoms with Crippen LogP contribution in [0.3, 0.4) is 0 Å². The van der Waals surface area contributed by atoms with Crippen molar-refractivity contribution in [3.63, 3.8) is 0 Å². The van der Waals surface area contributed by atoms with Crippen LogP contribution in [-0.4, -0.2) is 6.54 Å². The monoisotopic (exact) mass is 162 g/mol. The fraction of sp³-hybridized carbons (Fsp3) is 0.200. The van der Waals surface area contributed by atoms with E-state index >= 15 is 0 Å². The first-order valence-corrected chi connectivity index (χ1v) is 4.05. The van der Waals surface area contributed by atoms with E-state index in [0.717, 1.165) is 17.7 Å². The summed E-state index contributed by atoms with van der Waals surface area (Å²) >= 11 is 0. The summed E-state index contributed by atoms with van der Waals surface area (Å²) in [5, 5.41) is 0. The maximum atomic E-state index is 5.54. The predicted molar refractivity (Wildman–Crippen MR) is 53.6 cm³/mol. The van der Waals surface area contributed by atoms with Gasteiger partial charge in [-0.05, 0) is 30.7 Å². The number of hydrogen-bond acceptors (Lipinski definition) is 2. The molecule has 0 saturated carbocycles. The summed E-state index contributed by atoms with van der Waals surface area (Å²) in [6.45, 7) is 0.700. The van der Waals surface area contributed by atoms with Gasteiger partial charge in [-0.3, -0.25) is 0 Å². The zero-order valence-corrected chi connectivity index (χ0v) is 7.03. The van der Waals surface area contributed by atoms with E-state index in [2.05, 4.69) is 6.08 Å². The SMILES string of the molecule is NCCC=Cc1ccc(N)cc1. The second-order valence-corrected chi connectivity index (χ2v) is 2.65. The molecule has 0 atom stereocenters. The van der Waals surface area contributed by atoms with Crippen molar-refractivity contribution in [1.82, 2.24) is 0 Å². The first kappa shape index (κ1) is 8.81. The number of hydrogen-bond donors (Lipinski definition) is 2. The molecule has 2 nitrogen and oxygen atoms in total. The Morgan fingerprint density at radius 1 is 1.17 bits per heavy atom. The largest absolute Gasteiger partial charge is 0.399 e. The molecule has 0 heterocycles. The summed E-state index contributed by atoms with van der Waals surface area (Å²) in [5.74, 6) is 0. The lowest BCUT2D eigenvalue weighted by Gasteiger charge is -1.93. The lowest BCUT2D eigenvalue weighted by atomic mass is 10.2. The van der Waals surface area contributed by atoms with Crippen molar-refractivity contribution in [2.75, 3.05) is 12.3 Å². The van der Waals surface area contributed by atoms with Crippen molar-refractivity contribution in [3.8, 4) is 0 Å². The van der Waals surface area contributed by atoms with Crippen LogP contribution < -0.4 is 11.5 Å². The van der Waals surface area contributed by atoms with E-state index in [-0.39, 0.29) is 0 Å². The lowest BCUT2D eigenvalue weighted by molar-refractivity contribution is 1.01. The van der Waals surface area contributed by atoms with E-state index < -0.39 is 0 Å². The van der Waals surface area contributed by atoms with Crippen molar-refractivity contribution >= 4 is 11.8 Å². The molecule has 0 aliphatic rings. The third kappa shape index (κ3) is 2.76. The Balaban J connectivity index is 2.58. The van der Waals surface area contributed by atoms with Gasteiger partial charge in [0.05, 0.1) is 0 Å². The Morgan fingerprint density at radius 2 is 1.83 bits per heavy atom. The molecule has 0 aliphatic carbocycles. The average Bonchev–Trinajstić information content (AvgIpc) is 2.09. The second-order valence-electron chi connectivity index (χ2n) is 2.65. The number of rotatable bonds is 3. The van der Waals surface area contributed by atoms with Gasteiger partial charge in [-0.1, -0.05) is 24.3 Å². The molecule has 4 N–H and O–H groups in total. The van der Waals surface area contributed by atoms with Crippen molar-refractivity contribution in [1.29, 1.82) is 0 Å². The van der Waals surface area contributed by atoms with Crippen molar-refractivity contribution in [3.05, 3.63) is 35.9 Å². The van der Waals surface area contributed by atoms with Gasteiger partial charge in [0, 0.05) is 5.69 Å². The van der Waals surface area contributed by atoms with Gasteiger partial charge in [-0.2, -0.15) is 0 Å². The molecule has 0 amide bonds. The molecular formula is C10H14N2. The van der Waals surface area contributed by atoms with Crippen molar-refractivity contribution < 1.29 is 0 Å². The van der Waals surface area contributed by atoms with Crippen LogP contribution in [0.5, 0.6) is 0 Å². The molecule has 0 aliphatic heterocycles. The van der Waals surface area contributed by atoms with E-state index in [1.165, 1.54) is 0 Å². The maximum absolute atomic E-state index is 5.54. The Kier molecular flexibility index (Phi) is 3.35. The highest BCUT2D eigenvalue weighted by Gasteiger charge is 1.85. The molecule has 1 aromatic carbocycles. The molecule has 0 fully saturated rings. The first-order chi connectivity index (χ1) is 5.83. The number of benzene rings is 1. The minimum atomic E-state index is 0.700. The summed E-state index contributed by atoms with van der Waals surface area (Å²) in [6, 6.07) is 7.76. The van der Waals surface area contributed by atoms with Crippen molar-refractivity contribution in [2.45, 2.75) is 6.42 Å². The van der Waals surface area contributed by atoms with Crippen LogP contribution >= 0.6 is 0 Å². The molecule has 0 aromatic heterocycles. The third-order valence-corrected chi connectivity index (χ3v) is 1.58. The average molecular weight is 162 g/mol. The normalized spacial score (nSPS) is 10.8. The molecule has 0 radical (unpaired) electrons. The number of nitrogens with two attached hydrogens (primary N) is 2. The highest BCUT2D eigenvalue weighted by Crippen LogP contribution is 2.06. The lowest BCUT2D eigenvalue weighted by Crippen LogP contribution is -1.94. The van der Waals surface area contributed by atoms with Gasteiger partial charge in [-0.25, -0.2) is 0 Å². The molecule has 0 spiro atoms. The highest BCUT2D eigenvalue weighted by atomic mass is 14.5. The van der Waals surface area contributed by atoms with E-state index in [9.17, 15) is 0 Å². The van der Waals surface area contributed by atoms with Gasteiger partial charge >= 0.3 is 0 Å². The zero-order valence-electron chi connectivity index (χ0n) is 7.03. The summed E-state index contributed by atoms with van der Waals surface area (Å²) in [7, 11) is 0. The summed E-state index contributed by atoms with van der Waals surface area (Å²) in [5.41, 5.74) is 12.8. The van der Waals surface area contributed by atoms with Gasteiger partial charge in [0.2, 0.25) is 0 Å². The van der Waals surface area contributed by atoms with E-state index in [4.69, 9.17) is 11.5 Å².